The molecule has 0 aliphatic heterocycles. The van der Waals surface area contributed by atoms with E-state index < -0.39 is 11.9 Å². The molecule has 0 radical (unpaired) electrons. The first-order valence-corrected chi connectivity index (χ1v) is 8.51. The van der Waals surface area contributed by atoms with Crippen LogP contribution in [0.5, 0.6) is 0 Å². The zero-order valence-electron chi connectivity index (χ0n) is 14.7. The van der Waals surface area contributed by atoms with Gasteiger partial charge in [0.1, 0.15) is 6.54 Å². The molecule has 8 nitrogen and oxygen atoms in total. The van der Waals surface area contributed by atoms with Crippen LogP contribution in [-0.4, -0.2) is 32.1 Å². The smallest absolute Gasteiger partial charge is 0.307 e. The number of hydrogen-bond acceptors (Lipinski definition) is 5. The van der Waals surface area contributed by atoms with Crippen LogP contribution >= 0.6 is 11.6 Å². The maximum atomic E-state index is 12.0. The van der Waals surface area contributed by atoms with Crippen molar-refractivity contribution in [2.24, 2.45) is 0 Å². The van der Waals surface area contributed by atoms with Gasteiger partial charge in [-0.05, 0) is 42.8 Å². The van der Waals surface area contributed by atoms with Crippen molar-refractivity contribution in [3.05, 3.63) is 58.6 Å². The van der Waals surface area contributed by atoms with E-state index in [1.807, 2.05) is 26.0 Å². The summed E-state index contributed by atoms with van der Waals surface area (Å²) in [4.78, 5) is 25.1. The number of urea groups is 1. The third-order valence-electron chi connectivity index (χ3n) is 3.74. The largest absolute Gasteiger partial charge is 0.325 e. The molecule has 0 saturated carbocycles. The van der Waals surface area contributed by atoms with Gasteiger partial charge >= 0.3 is 6.03 Å². The van der Waals surface area contributed by atoms with Crippen molar-refractivity contribution >= 4 is 29.2 Å². The number of tetrazole rings is 1. The van der Waals surface area contributed by atoms with E-state index in [0.29, 0.717) is 22.1 Å². The number of imide groups is 1. The second-order valence-corrected chi connectivity index (χ2v) is 6.35. The highest BCUT2D eigenvalue weighted by atomic mass is 35.5. The normalized spacial score (nSPS) is 10.5. The molecule has 0 bridgehead atoms. The molecule has 0 spiro atoms. The second-order valence-electron chi connectivity index (χ2n) is 5.94. The zero-order chi connectivity index (χ0) is 19.4. The Hall–Kier alpha value is -3.26. The Morgan fingerprint density at radius 2 is 1.93 bits per heavy atom. The van der Waals surface area contributed by atoms with E-state index >= 15 is 0 Å². The topological polar surface area (TPSA) is 102 Å². The zero-order valence-corrected chi connectivity index (χ0v) is 15.5. The minimum absolute atomic E-state index is 0.252. The van der Waals surface area contributed by atoms with Gasteiger partial charge in [0, 0.05) is 11.3 Å². The van der Waals surface area contributed by atoms with Gasteiger partial charge in [0.15, 0.2) is 0 Å². The number of nitrogens with one attached hydrogen (secondary N) is 2. The van der Waals surface area contributed by atoms with Crippen molar-refractivity contribution in [3.8, 4) is 11.4 Å². The number of rotatable bonds is 4. The lowest BCUT2D eigenvalue weighted by molar-refractivity contribution is -0.120. The molecular formula is C18H17ClN6O2. The maximum Gasteiger partial charge on any atom is 0.325 e. The number of carbonyl (C=O) groups is 2. The van der Waals surface area contributed by atoms with E-state index in [1.54, 1.807) is 30.3 Å². The Morgan fingerprint density at radius 1 is 1.15 bits per heavy atom. The van der Waals surface area contributed by atoms with Crippen LogP contribution in [0.25, 0.3) is 11.4 Å². The molecule has 2 N–H and O–H groups in total. The molecule has 0 aliphatic carbocycles. The fourth-order valence-corrected chi connectivity index (χ4v) is 2.68. The number of anilines is 1. The summed E-state index contributed by atoms with van der Waals surface area (Å²) in [7, 11) is 0. The number of benzene rings is 2. The molecule has 138 valence electrons. The number of aromatic nitrogens is 4. The molecule has 0 aliphatic rings. The van der Waals surface area contributed by atoms with Gasteiger partial charge in [0.25, 0.3) is 5.91 Å². The van der Waals surface area contributed by atoms with Crippen LogP contribution in [0.4, 0.5) is 10.5 Å². The Balaban J connectivity index is 1.59. The van der Waals surface area contributed by atoms with Crippen LogP contribution in [0.1, 0.15) is 11.1 Å². The Labute approximate surface area is 160 Å². The average molecular weight is 385 g/mol. The molecule has 1 aromatic heterocycles. The molecule has 3 aromatic rings. The minimum atomic E-state index is -0.626. The summed E-state index contributed by atoms with van der Waals surface area (Å²) in [6.45, 7) is 3.58. The summed E-state index contributed by atoms with van der Waals surface area (Å²) < 4.78 is 0. The van der Waals surface area contributed by atoms with Crippen molar-refractivity contribution in [2.45, 2.75) is 20.4 Å². The highest BCUT2D eigenvalue weighted by molar-refractivity contribution is 6.33. The second kappa shape index (κ2) is 7.96. The molecule has 3 amide bonds. The van der Waals surface area contributed by atoms with Crippen LogP contribution < -0.4 is 10.6 Å². The Morgan fingerprint density at radius 3 is 2.67 bits per heavy atom. The highest BCUT2D eigenvalue weighted by Gasteiger charge is 2.14. The molecule has 0 atom stereocenters. The third-order valence-corrected chi connectivity index (χ3v) is 4.07. The van der Waals surface area contributed by atoms with Crippen LogP contribution in [-0.2, 0) is 11.3 Å². The van der Waals surface area contributed by atoms with Gasteiger partial charge in [-0.25, -0.2) is 4.79 Å². The van der Waals surface area contributed by atoms with E-state index in [1.165, 1.54) is 0 Å². The van der Waals surface area contributed by atoms with E-state index in [2.05, 4.69) is 26.0 Å². The fourth-order valence-electron chi connectivity index (χ4n) is 2.46. The number of halogens is 1. The molecular weight excluding hydrogens is 368 g/mol. The van der Waals surface area contributed by atoms with Gasteiger partial charge in [0.05, 0.1) is 5.02 Å². The minimum Gasteiger partial charge on any atom is -0.307 e. The van der Waals surface area contributed by atoms with Gasteiger partial charge < -0.3 is 5.32 Å². The summed E-state index contributed by atoms with van der Waals surface area (Å²) in [5.74, 6) is -0.270. The van der Waals surface area contributed by atoms with Crippen LogP contribution in [0.2, 0.25) is 5.02 Å². The standard InChI is InChI=1S/C18H17ClN6O2/c1-11-7-8-15(12(2)9-11)20-18(27)21-16(26)10-25-23-17(22-24-25)13-5-3-4-6-14(13)19/h3-9H,10H2,1-2H3,(H2,20,21,26,27). The molecule has 3 rings (SSSR count). The summed E-state index contributed by atoms with van der Waals surface area (Å²) in [5, 5.41) is 17.2. The monoisotopic (exact) mass is 384 g/mol. The molecule has 2 aromatic carbocycles. The number of hydrogen-bond donors (Lipinski definition) is 2. The van der Waals surface area contributed by atoms with Crippen LogP contribution in [0.15, 0.2) is 42.5 Å². The summed E-state index contributed by atoms with van der Waals surface area (Å²) >= 11 is 6.09. The van der Waals surface area contributed by atoms with E-state index in [-0.39, 0.29) is 6.54 Å². The molecule has 0 saturated heterocycles. The molecule has 1 heterocycles. The predicted octanol–water partition coefficient (Wildman–Crippen LogP) is 2.96. The number of aryl methyl sites for hydroxylation is 2. The lowest BCUT2D eigenvalue weighted by Gasteiger charge is -2.09. The van der Waals surface area contributed by atoms with E-state index in [9.17, 15) is 9.59 Å². The lowest BCUT2D eigenvalue weighted by Crippen LogP contribution is -2.37. The number of amides is 3. The van der Waals surface area contributed by atoms with Crippen molar-refractivity contribution in [2.75, 3.05) is 5.32 Å². The van der Waals surface area contributed by atoms with Gasteiger partial charge in [-0.1, -0.05) is 41.4 Å². The summed E-state index contributed by atoms with van der Waals surface area (Å²) in [6.07, 6.45) is 0. The first-order chi connectivity index (χ1) is 12.9. The lowest BCUT2D eigenvalue weighted by atomic mass is 10.1. The van der Waals surface area contributed by atoms with Crippen molar-refractivity contribution in [3.63, 3.8) is 0 Å². The SMILES string of the molecule is Cc1ccc(NC(=O)NC(=O)Cn2nnc(-c3ccccc3Cl)n2)c(C)c1. The third kappa shape index (κ3) is 4.68. The van der Waals surface area contributed by atoms with Gasteiger partial charge in [-0.15, -0.1) is 10.2 Å². The molecule has 27 heavy (non-hydrogen) atoms. The molecule has 0 fully saturated rings. The first-order valence-electron chi connectivity index (χ1n) is 8.13. The van der Waals surface area contributed by atoms with Crippen molar-refractivity contribution < 1.29 is 9.59 Å². The summed E-state index contributed by atoms with van der Waals surface area (Å²) in [6, 6.07) is 12.0. The predicted molar refractivity (Wildman–Crippen MR) is 101 cm³/mol. The maximum absolute atomic E-state index is 12.0. The first kappa shape index (κ1) is 18.5. The van der Waals surface area contributed by atoms with Gasteiger partial charge in [0.2, 0.25) is 5.82 Å². The van der Waals surface area contributed by atoms with E-state index in [0.717, 1.165) is 15.9 Å². The molecule has 9 heteroatoms. The van der Waals surface area contributed by atoms with Crippen LogP contribution in [0, 0.1) is 13.8 Å². The fraction of sp³-hybridized carbons (Fsp3) is 0.167. The Bertz CT molecular complexity index is 1000. The summed E-state index contributed by atoms with van der Waals surface area (Å²) in [5.41, 5.74) is 3.23. The van der Waals surface area contributed by atoms with E-state index in [4.69, 9.17) is 11.6 Å². The average Bonchev–Trinajstić information content (AvgIpc) is 3.05. The quantitative estimate of drug-likeness (QED) is 0.720. The van der Waals surface area contributed by atoms with Crippen LogP contribution in [0.3, 0.4) is 0 Å². The van der Waals surface area contributed by atoms with Crippen molar-refractivity contribution in [1.29, 1.82) is 0 Å². The highest BCUT2D eigenvalue weighted by Crippen LogP contribution is 2.23. The number of nitrogens with zero attached hydrogens (tertiary/aromatic N) is 4. The Kier molecular flexibility index (Phi) is 5.46. The molecule has 0 unspecified atom stereocenters. The number of carbonyl (C=O) groups excluding carboxylic acids is 2. The van der Waals surface area contributed by atoms with Gasteiger partial charge in [-0.3, -0.25) is 10.1 Å². The van der Waals surface area contributed by atoms with Gasteiger partial charge in [-0.2, -0.15) is 4.80 Å². The van der Waals surface area contributed by atoms with Crippen molar-refractivity contribution in [1.82, 2.24) is 25.5 Å².